The topological polar surface area (TPSA) is 60.7 Å². The molecule has 0 aliphatic heterocycles. The number of aliphatic hydroxyl groups is 1. The van der Waals surface area contributed by atoms with Crippen molar-refractivity contribution in [2.24, 2.45) is 0 Å². The van der Waals surface area contributed by atoms with Gasteiger partial charge in [-0.15, -0.1) is 0 Å². The normalized spacial score (nSPS) is 12.8. The largest absolute Gasteiger partial charge is 0.504 e. The summed E-state index contributed by atoms with van der Waals surface area (Å²) in [5.41, 5.74) is 0.913. The fourth-order valence-corrected chi connectivity index (χ4v) is 1.10. The van der Waals surface area contributed by atoms with Crippen LogP contribution in [-0.4, -0.2) is 21.4 Å². The molecule has 0 radical (unpaired) electrons. The second-order valence-electron chi connectivity index (χ2n) is 3.21. The van der Waals surface area contributed by atoms with Gasteiger partial charge in [0.05, 0.1) is 6.10 Å². The molecule has 1 atom stereocenters. The monoisotopic (exact) mass is 182 g/mol. The van der Waals surface area contributed by atoms with E-state index in [1.807, 2.05) is 0 Å². The summed E-state index contributed by atoms with van der Waals surface area (Å²) in [7, 11) is 0. The fraction of sp³-hybridized carbons (Fsp3) is 0.400. The van der Waals surface area contributed by atoms with Gasteiger partial charge in [-0.05, 0) is 37.5 Å². The summed E-state index contributed by atoms with van der Waals surface area (Å²) in [6.07, 6.45) is 1.02. The molecular formula is C10H14O3. The van der Waals surface area contributed by atoms with Gasteiger partial charge >= 0.3 is 0 Å². The second-order valence-corrected chi connectivity index (χ2v) is 3.21. The molecule has 0 aliphatic rings. The van der Waals surface area contributed by atoms with E-state index in [1.165, 1.54) is 12.1 Å². The molecule has 1 rings (SSSR count). The predicted octanol–water partition coefficient (Wildman–Crippen LogP) is 1.41. The molecule has 3 heteroatoms. The molecule has 3 nitrogen and oxygen atoms in total. The Morgan fingerprint density at radius 1 is 1.23 bits per heavy atom. The van der Waals surface area contributed by atoms with Gasteiger partial charge in [-0.25, -0.2) is 0 Å². The Bertz CT molecular complexity index is 281. The highest BCUT2D eigenvalue weighted by Crippen LogP contribution is 2.25. The van der Waals surface area contributed by atoms with E-state index in [1.54, 1.807) is 13.0 Å². The molecule has 0 aliphatic carbocycles. The number of benzene rings is 1. The lowest BCUT2D eigenvalue weighted by Crippen LogP contribution is -2.01. The number of aryl methyl sites for hydroxylation is 1. The maximum atomic E-state index is 9.15. The summed E-state index contributed by atoms with van der Waals surface area (Å²) in [6.45, 7) is 1.72. The van der Waals surface area contributed by atoms with Gasteiger partial charge in [0.2, 0.25) is 0 Å². The molecule has 0 saturated carbocycles. The van der Waals surface area contributed by atoms with Crippen molar-refractivity contribution in [2.75, 3.05) is 0 Å². The third kappa shape index (κ3) is 2.95. The molecule has 0 amide bonds. The molecular weight excluding hydrogens is 168 g/mol. The number of aliphatic hydroxyl groups excluding tert-OH is 1. The first-order valence-corrected chi connectivity index (χ1v) is 4.28. The molecule has 0 fully saturated rings. The van der Waals surface area contributed by atoms with E-state index in [2.05, 4.69) is 0 Å². The second kappa shape index (κ2) is 4.14. The highest BCUT2D eigenvalue weighted by molar-refractivity contribution is 5.40. The summed E-state index contributed by atoms with van der Waals surface area (Å²) in [4.78, 5) is 0. The molecule has 0 saturated heterocycles. The van der Waals surface area contributed by atoms with Crippen LogP contribution in [-0.2, 0) is 6.42 Å². The van der Waals surface area contributed by atoms with Crippen molar-refractivity contribution in [3.8, 4) is 11.5 Å². The van der Waals surface area contributed by atoms with Crippen LogP contribution >= 0.6 is 0 Å². The van der Waals surface area contributed by atoms with E-state index < -0.39 is 0 Å². The number of aromatic hydroxyl groups is 2. The Hall–Kier alpha value is -1.22. The zero-order valence-electron chi connectivity index (χ0n) is 7.57. The van der Waals surface area contributed by atoms with Crippen molar-refractivity contribution in [1.82, 2.24) is 0 Å². The van der Waals surface area contributed by atoms with Crippen LogP contribution in [0.5, 0.6) is 11.5 Å². The Balaban J connectivity index is 2.63. The quantitative estimate of drug-likeness (QED) is 0.619. The van der Waals surface area contributed by atoms with Gasteiger partial charge in [0.1, 0.15) is 0 Å². The molecule has 0 unspecified atom stereocenters. The minimum Gasteiger partial charge on any atom is -0.504 e. The number of phenols is 2. The zero-order valence-corrected chi connectivity index (χ0v) is 7.57. The maximum absolute atomic E-state index is 9.15. The Kier molecular flexibility index (Phi) is 3.14. The van der Waals surface area contributed by atoms with Gasteiger partial charge in [0, 0.05) is 0 Å². The number of hydrogen-bond donors (Lipinski definition) is 3. The van der Waals surface area contributed by atoms with Crippen LogP contribution in [0.3, 0.4) is 0 Å². The number of phenolic OH excluding ortho intramolecular Hbond substituents is 2. The smallest absolute Gasteiger partial charge is 0.157 e. The minimum absolute atomic E-state index is 0.108. The summed E-state index contributed by atoms with van der Waals surface area (Å²) >= 11 is 0. The van der Waals surface area contributed by atoms with E-state index in [0.29, 0.717) is 12.8 Å². The molecule has 1 aromatic carbocycles. The fourth-order valence-electron chi connectivity index (χ4n) is 1.10. The SMILES string of the molecule is C[C@@H](O)CCc1ccc(O)c(O)c1. The van der Waals surface area contributed by atoms with Gasteiger partial charge in [0.25, 0.3) is 0 Å². The van der Waals surface area contributed by atoms with Gasteiger partial charge in [-0.3, -0.25) is 0 Å². The van der Waals surface area contributed by atoms with Crippen molar-refractivity contribution >= 4 is 0 Å². The zero-order chi connectivity index (χ0) is 9.84. The van der Waals surface area contributed by atoms with E-state index in [-0.39, 0.29) is 17.6 Å². The molecule has 72 valence electrons. The number of hydrogen-bond acceptors (Lipinski definition) is 3. The average molecular weight is 182 g/mol. The van der Waals surface area contributed by atoms with Crippen LogP contribution in [0.4, 0.5) is 0 Å². The molecule has 1 aromatic rings. The third-order valence-corrected chi connectivity index (χ3v) is 1.89. The summed E-state index contributed by atoms with van der Waals surface area (Å²) in [5.74, 6) is -0.219. The standard InChI is InChI=1S/C10H14O3/c1-7(11)2-3-8-4-5-9(12)10(13)6-8/h4-7,11-13H,2-3H2,1H3/t7-/m1/s1. The first-order chi connectivity index (χ1) is 6.09. The summed E-state index contributed by atoms with van der Waals surface area (Å²) in [5, 5.41) is 27.2. The van der Waals surface area contributed by atoms with E-state index in [9.17, 15) is 0 Å². The lowest BCUT2D eigenvalue weighted by atomic mass is 10.1. The average Bonchev–Trinajstić information content (AvgIpc) is 2.07. The van der Waals surface area contributed by atoms with Crippen LogP contribution < -0.4 is 0 Å². The Morgan fingerprint density at radius 2 is 1.92 bits per heavy atom. The highest BCUT2D eigenvalue weighted by Gasteiger charge is 2.02. The van der Waals surface area contributed by atoms with E-state index >= 15 is 0 Å². The molecule has 0 aromatic heterocycles. The predicted molar refractivity (Wildman–Crippen MR) is 49.8 cm³/mol. The van der Waals surface area contributed by atoms with Crippen molar-refractivity contribution in [2.45, 2.75) is 25.9 Å². The molecule has 0 bridgehead atoms. The molecule has 3 N–H and O–H groups in total. The highest BCUT2D eigenvalue weighted by atomic mass is 16.3. The molecule has 0 heterocycles. The van der Waals surface area contributed by atoms with Crippen LogP contribution in [0, 0.1) is 0 Å². The minimum atomic E-state index is -0.337. The molecule has 0 spiro atoms. The third-order valence-electron chi connectivity index (χ3n) is 1.89. The van der Waals surface area contributed by atoms with Crippen molar-refractivity contribution in [3.63, 3.8) is 0 Å². The van der Waals surface area contributed by atoms with Crippen molar-refractivity contribution < 1.29 is 15.3 Å². The number of rotatable bonds is 3. The Morgan fingerprint density at radius 3 is 2.46 bits per heavy atom. The summed E-state index contributed by atoms with van der Waals surface area (Å²) < 4.78 is 0. The lowest BCUT2D eigenvalue weighted by Gasteiger charge is -2.05. The first kappa shape index (κ1) is 9.86. The van der Waals surface area contributed by atoms with Gasteiger partial charge < -0.3 is 15.3 Å². The Labute approximate surface area is 77.3 Å². The lowest BCUT2D eigenvalue weighted by molar-refractivity contribution is 0.185. The van der Waals surface area contributed by atoms with E-state index in [0.717, 1.165) is 5.56 Å². The maximum Gasteiger partial charge on any atom is 0.157 e. The van der Waals surface area contributed by atoms with Crippen LogP contribution in [0.1, 0.15) is 18.9 Å². The van der Waals surface area contributed by atoms with Crippen LogP contribution in [0.2, 0.25) is 0 Å². The molecule has 13 heavy (non-hydrogen) atoms. The van der Waals surface area contributed by atoms with Gasteiger partial charge in [-0.1, -0.05) is 6.07 Å². The summed E-state index contributed by atoms with van der Waals surface area (Å²) in [6, 6.07) is 4.70. The van der Waals surface area contributed by atoms with Crippen molar-refractivity contribution in [3.05, 3.63) is 23.8 Å². The van der Waals surface area contributed by atoms with E-state index in [4.69, 9.17) is 15.3 Å². The first-order valence-electron chi connectivity index (χ1n) is 4.28. The van der Waals surface area contributed by atoms with Gasteiger partial charge in [0.15, 0.2) is 11.5 Å². The van der Waals surface area contributed by atoms with Crippen LogP contribution in [0.15, 0.2) is 18.2 Å². The van der Waals surface area contributed by atoms with Crippen molar-refractivity contribution in [1.29, 1.82) is 0 Å². The van der Waals surface area contributed by atoms with Crippen LogP contribution in [0.25, 0.3) is 0 Å². The van der Waals surface area contributed by atoms with Gasteiger partial charge in [-0.2, -0.15) is 0 Å².